The Morgan fingerprint density at radius 3 is 2.44 bits per heavy atom. The normalized spacial score (nSPS) is 10.1. The minimum absolute atomic E-state index is 0.692. The van der Waals surface area contributed by atoms with Crippen LogP contribution in [-0.4, -0.2) is 12.0 Å². The van der Waals surface area contributed by atoms with Crippen LogP contribution in [0.3, 0.4) is 0 Å². The number of hydrogen-bond donors (Lipinski definition) is 1. The van der Waals surface area contributed by atoms with Crippen molar-refractivity contribution >= 4 is 17.2 Å². The molecular formula is C13H15N3. The van der Waals surface area contributed by atoms with Crippen LogP contribution in [0.25, 0.3) is 0 Å². The average Bonchev–Trinajstić information content (AvgIpc) is 2.32. The second-order valence-electron chi connectivity index (χ2n) is 3.76. The van der Waals surface area contributed by atoms with Crippen LogP contribution < -0.4 is 10.6 Å². The molecular weight excluding hydrogens is 198 g/mol. The van der Waals surface area contributed by atoms with Gasteiger partial charge in [0.1, 0.15) is 0 Å². The summed E-state index contributed by atoms with van der Waals surface area (Å²) in [4.78, 5) is 6.44. The molecule has 0 saturated carbocycles. The third-order valence-electron chi connectivity index (χ3n) is 2.51. The molecule has 2 rings (SSSR count). The lowest BCUT2D eigenvalue weighted by molar-refractivity contribution is 1.09. The van der Waals surface area contributed by atoms with Crippen molar-refractivity contribution in [1.29, 1.82) is 0 Å². The number of nitrogen functional groups attached to an aromatic ring is 1. The molecule has 1 aromatic carbocycles. The number of aryl methyl sites for hydroxylation is 1. The number of nitrogens with zero attached hydrogens (tertiary/aromatic N) is 2. The Kier molecular flexibility index (Phi) is 2.77. The Morgan fingerprint density at radius 1 is 1.06 bits per heavy atom. The Bertz CT molecular complexity index is 480. The van der Waals surface area contributed by atoms with Crippen molar-refractivity contribution in [2.24, 2.45) is 0 Å². The summed E-state index contributed by atoms with van der Waals surface area (Å²) < 4.78 is 0. The van der Waals surface area contributed by atoms with E-state index in [9.17, 15) is 0 Å². The molecule has 0 aliphatic carbocycles. The van der Waals surface area contributed by atoms with Crippen LogP contribution in [0.4, 0.5) is 17.2 Å². The van der Waals surface area contributed by atoms with Gasteiger partial charge in [0.05, 0.1) is 5.69 Å². The lowest BCUT2D eigenvalue weighted by Gasteiger charge is -2.20. The van der Waals surface area contributed by atoms with Crippen LogP contribution in [0.2, 0.25) is 0 Å². The number of para-hydroxylation sites is 1. The summed E-state index contributed by atoms with van der Waals surface area (Å²) in [5, 5.41) is 0. The number of rotatable bonds is 2. The molecule has 0 unspecified atom stereocenters. The molecule has 16 heavy (non-hydrogen) atoms. The fraction of sp³-hybridized carbons (Fsp3) is 0.154. The Labute approximate surface area is 95.5 Å². The summed E-state index contributed by atoms with van der Waals surface area (Å²) >= 11 is 0. The maximum absolute atomic E-state index is 5.92. The molecule has 0 bridgehead atoms. The highest BCUT2D eigenvalue weighted by atomic mass is 15.2. The highest BCUT2D eigenvalue weighted by molar-refractivity contribution is 5.70. The van der Waals surface area contributed by atoms with Crippen LogP contribution in [-0.2, 0) is 0 Å². The molecule has 1 aromatic heterocycles. The second-order valence-corrected chi connectivity index (χ2v) is 3.76. The molecule has 0 aliphatic heterocycles. The topological polar surface area (TPSA) is 42.1 Å². The van der Waals surface area contributed by atoms with Crippen LogP contribution in [0.1, 0.15) is 5.69 Å². The summed E-state index contributed by atoms with van der Waals surface area (Å²) in [6, 6.07) is 13.8. The summed E-state index contributed by atoms with van der Waals surface area (Å²) in [6.07, 6.45) is 0. The van der Waals surface area contributed by atoms with E-state index in [0.29, 0.717) is 5.69 Å². The van der Waals surface area contributed by atoms with E-state index < -0.39 is 0 Å². The lowest BCUT2D eigenvalue weighted by Crippen LogP contribution is -2.13. The average molecular weight is 213 g/mol. The van der Waals surface area contributed by atoms with E-state index >= 15 is 0 Å². The van der Waals surface area contributed by atoms with Gasteiger partial charge in [-0.1, -0.05) is 18.2 Å². The van der Waals surface area contributed by atoms with Gasteiger partial charge in [-0.3, -0.25) is 0 Å². The number of anilines is 3. The van der Waals surface area contributed by atoms with Gasteiger partial charge in [0.15, 0.2) is 5.82 Å². The standard InChI is InChI=1S/C13H15N3/c1-10-8-9-12(14)13(15-10)16(2)11-6-4-3-5-7-11/h3-9H,14H2,1-2H3. The highest BCUT2D eigenvalue weighted by Crippen LogP contribution is 2.26. The number of hydrogen-bond acceptors (Lipinski definition) is 3. The minimum atomic E-state index is 0.692. The molecule has 82 valence electrons. The van der Waals surface area contributed by atoms with Crippen molar-refractivity contribution in [2.45, 2.75) is 6.92 Å². The molecule has 2 aromatic rings. The molecule has 3 heteroatoms. The van der Waals surface area contributed by atoms with Crippen molar-refractivity contribution < 1.29 is 0 Å². The van der Waals surface area contributed by atoms with E-state index in [1.807, 2.05) is 61.3 Å². The molecule has 3 nitrogen and oxygen atoms in total. The fourth-order valence-corrected chi connectivity index (χ4v) is 1.60. The Hall–Kier alpha value is -2.03. The van der Waals surface area contributed by atoms with E-state index in [1.165, 1.54) is 0 Å². The van der Waals surface area contributed by atoms with Gasteiger partial charge in [0, 0.05) is 18.4 Å². The van der Waals surface area contributed by atoms with Crippen LogP contribution in [0, 0.1) is 6.92 Å². The number of aromatic nitrogens is 1. The zero-order valence-corrected chi connectivity index (χ0v) is 9.51. The fourth-order valence-electron chi connectivity index (χ4n) is 1.60. The summed E-state index contributed by atoms with van der Waals surface area (Å²) in [6.45, 7) is 1.96. The largest absolute Gasteiger partial charge is 0.396 e. The second kappa shape index (κ2) is 4.23. The monoisotopic (exact) mass is 213 g/mol. The maximum atomic E-state index is 5.92. The zero-order valence-electron chi connectivity index (χ0n) is 9.51. The first kappa shape index (κ1) is 10.5. The van der Waals surface area contributed by atoms with E-state index in [0.717, 1.165) is 17.2 Å². The zero-order chi connectivity index (χ0) is 11.5. The van der Waals surface area contributed by atoms with Crippen molar-refractivity contribution in [2.75, 3.05) is 17.7 Å². The van der Waals surface area contributed by atoms with Crippen molar-refractivity contribution in [3.05, 3.63) is 48.2 Å². The minimum Gasteiger partial charge on any atom is -0.396 e. The predicted molar refractivity (Wildman–Crippen MR) is 67.9 cm³/mol. The Balaban J connectivity index is 2.41. The predicted octanol–water partition coefficient (Wildman–Crippen LogP) is 2.74. The quantitative estimate of drug-likeness (QED) is 0.834. The molecule has 0 saturated heterocycles. The maximum Gasteiger partial charge on any atom is 0.156 e. The van der Waals surface area contributed by atoms with E-state index in [-0.39, 0.29) is 0 Å². The van der Waals surface area contributed by atoms with E-state index in [1.54, 1.807) is 0 Å². The number of pyridine rings is 1. The summed E-state index contributed by atoms with van der Waals surface area (Å²) in [5.74, 6) is 0.797. The molecule has 1 heterocycles. The molecule has 0 radical (unpaired) electrons. The Morgan fingerprint density at radius 2 is 1.75 bits per heavy atom. The molecule has 2 N–H and O–H groups in total. The van der Waals surface area contributed by atoms with Gasteiger partial charge in [0.25, 0.3) is 0 Å². The lowest BCUT2D eigenvalue weighted by atomic mass is 10.2. The van der Waals surface area contributed by atoms with Crippen LogP contribution >= 0.6 is 0 Å². The summed E-state index contributed by atoms with van der Waals surface area (Å²) in [5.41, 5.74) is 8.66. The van der Waals surface area contributed by atoms with Gasteiger partial charge in [-0.05, 0) is 31.2 Å². The third kappa shape index (κ3) is 1.98. The first-order valence-corrected chi connectivity index (χ1v) is 5.20. The summed E-state index contributed by atoms with van der Waals surface area (Å²) in [7, 11) is 1.97. The smallest absolute Gasteiger partial charge is 0.156 e. The van der Waals surface area contributed by atoms with Crippen molar-refractivity contribution in [1.82, 2.24) is 4.98 Å². The first-order valence-electron chi connectivity index (χ1n) is 5.20. The third-order valence-corrected chi connectivity index (χ3v) is 2.51. The van der Waals surface area contributed by atoms with Crippen LogP contribution in [0.5, 0.6) is 0 Å². The molecule has 0 fully saturated rings. The molecule has 0 spiro atoms. The number of nitrogens with two attached hydrogens (primary N) is 1. The molecule has 0 aliphatic rings. The van der Waals surface area contributed by atoms with E-state index in [2.05, 4.69) is 4.98 Å². The highest BCUT2D eigenvalue weighted by Gasteiger charge is 2.08. The first-order chi connectivity index (χ1) is 7.68. The van der Waals surface area contributed by atoms with Crippen molar-refractivity contribution in [3.8, 4) is 0 Å². The molecule has 0 amide bonds. The number of benzene rings is 1. The van der Waals surface area contributed by atoms with Gasteiger partial charge in [0.2, 0.25) is 0 Å². The van der Waals surface area contributed by atoms with Gasteiger partial charge < -0.3 is 10.6 Å². The van der Waals surface area contributed by atoms with Gasteiger partial charge in [-0.15, -0.1) is 0 Å². The SMILES string of the molecule is Cc1ccc(N)c(N(C)c2ccccc2)n1. The van der Waals surface area contributed by atoms with Gasteiger partial charge in [-0.2, -0.15) is 0 Å². The van der Waals surface area contributed by atoms with Crippen LogP contribution in [0.15, 0.2) is 42.5 Å². The van der Waals surface area contributed by atoms with E-state index in [4.69, 9.17) is 5.73 Å². The van der Waals surface area contributed by atoms with Gasteiger partial charge in [-0.25, -0.2) is 4.98 Å². The van der Waals surface area contributed by atoms with Gasteiger partial charge >= 0.3 is 0 Å². The van der Waals surface area contributed by atoms with Crippen molar-refractivity contribution in [3.63, 3.8) is 0 Å². The molecule has 0 atom stereocenters.